The van der Waals surface area contributed by atoms with E-state index in [4.69, 9.17) is 10.2 Å². The minimum Gasteiger partial charge on any atom is -0.464 e. The van der Waals surface area contributed by atoms with Crippen LogP contribution in [0.4, 0.5) is 10.8 Å². The third kappa shape index (κ3) is 2.58. The minimum atomic E-state index is 0.106. The summed E-state index contributed by atoms with van der Waals surface area (Å²) in [6.07, 6.45) is 1.99. The molecule has 2 rings (SSSR count). The van der Waals surface area contributed by atoms with E-state index in [2.05, 4.69) is 16.6 Å². The number of hydrogen-bond donors (Lipinski definition) is 2. The van der Waals surface area contributed by atoms with E-state index in [1.807, 2.05) is 25.3 Å². The Hall–Kier alpha value is -1.14. The zero-order chi connectivity index (χ0) is 12.4. The fraction of sp³-hybridized carbons (Fsp3) is 0.364. The highest BCUT2D eigenvalue weighted by Crippen LogP contribution is 2.36. The molecule has 0 saturated carbocycles. The molecule has 0 saturated heterocycles. The molecule has 2 heterocycles. The first-order chi connectivity index (χ1) is 8.11. The number of aryl methyl sites for hydroxylation is 1. The molecule has 0 aliphatic heterocycles. The Kier molecular flexibility index (Phi) is 3.63. The van der Waals surface area contributed by atoms with Crippen LogP contribution in [0.15, 0.2) is 21.4 Å². The number of furan rings is 1. The lowest BCUT2D eigenvalue weighted by Crippen LogP contribution is -2.05. The zero-order valence-electron chi connectivity index (χ0n) is 9.98. The second kappa shape index (κ2) is 5.01. The molecule has 0 bridgehead atoms. The van der Waals surface area contributed by atoms with Gasteiger partial charge in [-0.2, -0.15) is 4.37 Å². The molecule has 3 N–H and O–H groups in total. The molecule has 1 unspecified atom stereocenters. The van der Waals surface area contributed by atoms with Gasteiger partial charge in [0.25, 0.3) is 0 Å². The first kappa shape index (κ1) is 12.3. The summed E-state index contributed by atoms with van der Waals surface area (Å²) < 4.78 is 9.73. The van der Waals surface area contributed by atoms with Gasteiger partial charge < -0.3 is 15.5 Å². The van der Waals surface area contributed by atoms with Gasteiger partial charge in [0, 0.05) is 0 Å². The van der Waals surface area contributed by atoms with Crippen molar-refractivity contribution in [3.63, 3.8) is 0 Å². The number of hydrogen-bond acceptors (Lipinski definition) is 6. The van der Waals surface area contributed by atoms with Crippen molar-refractivity contribution in [1.82, 2.24) is 4.37 Å². The second-order valence-electron chi connectivity index (χ2n) is 3.74. The van der Waals surface area contributed by atoms with Gasteiger partial charge >= 0.3 is 0 Å². The van der Waals surface area contributed by atoms with E-state index in [-0.39, 0.29) is 6.04 Å². The van der Waals surface area contributed by atoms with Crippen LogP contribution in [0.1, 0.15) is 24.5 Å². The van der Waals surface area contributed by atoms with E-state index in [0.717, 1.165) is 21.4 Å². The van der Waals surface area contributed by atoms with Crippen molar-refractivity contribution >= 4 is 34.1 Å². The Bertz CT molecular complexity index is 507. The predicted octanol–water partition coefficient (Wildman–Crippen LogP) is 3.52. The molecule has 1 atom stereocenters. The minimum absolute atomic E-state index is 0.106. The molecule has 0 radical (unpaired) electrons. The highest BCUT2D eigenvalue weighted by atomic mass is 32.2. The van der Waals surface area contributed by atoms with Gasteiger partial charge in [-0.25, -0.2) is 0 Å². The normalized spacial score (nSPS) is 12.6. The topological polar surface area (TPSA) is 64.1 Å². The third-order valence-corrected chi connectivity index (χ3v) is 4.16. The second-order valence-corrected chi connectivity index (χ2v) is 5.33. The van der Waals surface area contributed by atoms with Gasteiger partial charge in [0.05, 0.1) is 10.9 Å². The number of nitrogens with two attached hydrogens (primary N) is 1. The van der Waals surface area contributed by atoms with Crippen molar-refractivity contribution in [1.29, 1.82) is 0 Å². The van der Waals surface area contributed by atoms with Crippen molar-refractivity contribution in [3.05, 3.63) is 23.7 Å². The van der Waals surface area contributed by atoms with Crippen molar-refractivity contribution < 1.29 is 4.42 Å². The number of anilines is 2. The highest BCUT2D eigenvalue weighted by molar-refractivity contribution is 7.99. The number of aromatic nitrogens is 1. The van der Waals surface area contributed by atoms with Gasteiger partial charge in [-0.05, 0) is 43.8 Å². The molecule has 0 amide bonds. The summed E-state index contributed by atoms with van der Waals surface area (Å²) in [6, 6.07) is 4.05. The number of nitrogens with one attached hydrogen (secondary N) is 1. The van der Waals surface area contributed by atoms with E-state index in [1.54, 1.807) is 11.8 Å². The fourth-order valence-corrected chi connectivity index (χ4v) is 3.15. The highest BCUT2D eigenvalue weighted by Gasteiger charge is 2.15. The largest absolute Gasteiger partial charge is 0.464 e. The Morgan fingerprint density at radius 1 is 1.53 bits per heavy atom. The van der Waals surface area contributed by atoms with Crippen LogP contribution in [0.25, 0.3) is 0 Å². The molecule has 0 aliphatic rings. The van der Waals surface area contributed by atoms with E-state index < -0.39 is 0 Å². The molecule has 6 heteroatoms. The van der Waals surface area contributed by atoms with Crippen LogP contribution in [-0.4, -0.2) is 10.6 Å². The maximum atomic E-state index is 5.79. The summed E-state index contributed by atoms with van der Waals surface area (Å²) in [4.78, 5) is 1.00. The summed E-state index contributed by atoms with van der Waals surface area (Å²) in [7, 11) is 0. The summed E-state index contributed by atoms with van der Waals surface area (Å²) in [5, 5.41) is 4.37. The summed E-state index contributed by atoms with van der Waals surface area (Å²) in [6.45, 7) is 3.99. The lowest BCUT2D eigenvalue weighted by Gasteiger charge is -2.11. The molecule has 4 nitrogen and oxygen atoms in total. The number of thioether (sulfide) groups is 1. The van der Waals surface area contributed by atoms with Crippen LogP contribution in [0.3, 0.4) is 0 Å². The zero-order valence-corrected chi connectivity index (χ0v) is 11.6. The average Bonchev–Trinajstić information content (AvgIpc) is 2.86. The van der Waals surface area contributed by atoms with Gasteiger partial charge in [0.2, 0.25) is 0 Å². The fourth-order valence-electron chi connectivity index (χ4n) is 1.54. The molecule has 0 fully saturated rings. The SMILES string of the molecule is CSc1c(N)nsc1NC(C)c1ccc(C)o1. The number of nitrogen functional groups attached to an aromatic ring is 1. The quantitative estimate of drug-likeness (QED) is 0.831. The lowest BCUT2D eigenvalue weighted by atomic mass is 10.2. The third-order valence-electron chi connectivity index (χ3n) is 2.41. The molecule has 2 aromatic rings. The van der Waals surface area contributed by atoms with Gasteiger partial charge in [0.1, 0.15) is 16.5 Å². The average molecular weight is 269 g/mol. The van der Waals surface area contributed by atoms with Crippen LogP contribution >= 0.6 is 23.3 Å². The Balaban J connectivity index is 2.15. The van der Waals surface area contributed by atoms with Crippen molar-refractivity contribution in [2.75, 3.05) is 17.3 Å². The smallest absolute Gasteiger partial charge is 0.153 e. The van der Waals surface area contributed by atoms with E-state index >= 15 is 0 Å². The molecule has 0 spiro atoms. The van der Waals surface area contributed by atoms with Gasteiger partial charge in [-0.3, -0.25) is 0 Å². The van der Waals surface area contributed by atoms with Gasteiger partial charge in [-0.1, -0.05) is 0 Å². The monoisotopic (exact) mass is 269 g/mol. The predicted molar refractivity (Wildman–Crippen MR) is 73.8 cm³/mol. The van der Waals surface area contributed by atoms with Crippen LogP contribution in [0, 0.1) is 6.92 Å². The summed E-state index contributed by atoms with van der Waals surface area (Å²) >= 11 is 2.98. The van der Waals surface area contributed by atoms with Crippen molar-refractivity contribution in [3.8, 4) is 0 Å². The van der Waals surface area contributed by atoms with Crippen LogP contribution in [0.2, 0.25) is 0 Å². The maximum absolute atomic E-state index is 5.79. The van der Waals surface area contributed by atoms with E-state index in [1.165, 1.54) is 11.5 Å². The molecule has 17 heavy (non-hydrogen) atoms. The number of rotatable bonds is 4. The molecule has 92 valence electrons. The molecular formula is C11H15N3OS2. The first-order valence-corrected chi connectivity index (χ1v) is 7.23. The van der Waals surface area contributed by atoms with Crippen molar-refractivity contribution in [2.24, 2.45) is 0 Å². The Morgan fingerprint density at radius 2 is 2.29 bits per heavy atom. The maximum Gasteiger partial charge on any atom is 0.153 e. The molecule has 2 aromatic heterocycles. The summed E-state index contributed by atoms with van der Waals surface area (Å²) in [5.74, 6) is 2.43. The van der Waals surface area contributed by atoms with Crippen LogP contribution in [-0.2, 0) is 0 Å². The van der Waals surface area contributed by atoms with Gasteiger partial charge in [-0.15, -0.1) is 11.8 Å². The van der Waals surface area contributed by atoms with Gasteiger partial charge in [0.15, 0.2) is 5.82 Å². The van der Waals surface area contributed by atoms with E-state index in [0.29, 0.717) is 5.82 Å². The Morgan fingerprint density at radius 3 is 2.88 bits per heavy atom. The Labute approximate surface area is 109 Å². The molecular weight excluding hydrogens is 254 g/mol. The number of nitrogens with zero attached hydrogens (tertiary/aromatic N) is 1. The van der Waals surface area contributed by atoms with Crippen LogP contribution in [0.5, 0.6) is 0 Å². The van der Waals surface area contributed by atoms with E-state index in [9.17, 15) is 0 Å². The standard InChI is InChI=1S/C11H15N3OS2/c1-6-4-5-8(15-6)7(2)13-11-9(16-3)10(12)14-17-11/h4-5,7,13H,1-3H3,(H2,12,14). The summed E-state index contributed by atoms with van der Waals surface area (Å²) in [5.41, 5.74) is 5.79. The van der Waals surface area contributed by atoms with Crippen molar-refractivity contribution in [2.45, 2.75) is 24.8 Å². The first-order valence-electron chi connectivity index (χ1n) is 5.23. The van der Waals surface area contributed by atoms with Crippen LogP contribution < -0.4 is 11.1 Å². The molecule has 0 aliphatic carbocycles. The lowest BCUT2D eigenvalue weighted by molar-refractivity contribution is 0.467. The molecule has 0 aromatic carbocycles.